The predicted molar refractivity (Wildman–Crippen MR) is 69.7 cm³/mol. The second-order valence-electron chi connectivity index (χ2n) is 3.49. The highest BCUT2D eigenvalue weighted by atomic mass is 32.1. The SMILES string of the molecule is CCOC(=O)C(=O)c1csc(NC(=O)n2ccnc2)n1. The molecule has 9 heteroatoms. The van der Waals surface area contributed by atoms with Crippen molar-refractivity contribution < 1.29 is 19.1 Å². The maximum Gasteiger partial charge on any atom is 0.381 e. The molecule has 0 spiro atoms. The zero-order valence-corrected chi connectivity index (χ0v) is 11.2. The normalized spacial score (nSPS) is 10.1. The number of ether oxygens (including phenoxy) is 1. The predicted octanol–water partition coefficient (Wildman–Crippen LogP) is 1.17. The van der Waals surface area contributed by atoms with Crippen molar-refractivity contribution in [1.82, 2.24) is 14.5 Å². The number of aromatic nitrogens is 3. The number of thiazole rings is 1. The number of anilines is 1. The van der Waals surface area contributed by atoms with Crippen LogP contribution < -0.4 is 5.32 Å². The van der Waals surface area contributed by atoms with Crippen LogP contribution in [0.2, 0.25) is 0 Å². The van der Waals surface area contributed by atoms with Crippen LogP contribution in [-0.2, 0) is 9.53 Å². The Hall–Kier alpha value is -2.55. The quantitative estimate of drug-likeness (QED) is 0.515. The van der Waals surface area contributed by atoms with Gasteiger partial charge in [-0.2, -0.15) is 0 Å². The Kier molecular flexibility index (Phi) is 4.20. The molecule has 8 nitrogen and oxygen atoms in total. The summed E-state index contributed by atoms with van der Waals surface area (Å²) >= 11 is 1.03. The first-order valence-electron chi connectivity index (χ1n) is 5.58. The maximum atomic E-state index is 11.7. The second kappa shape index (κ2) is 6.06. The molecule has 1 N–H and O–H groups in total. The third-order valence-corrected chi connectivity index (χ3v) is 2.91. The molecule has 2 aromatic heterocycles. The molecule has 0 fully saturated rings. The first-order chi connectivity index (χ1) is 9.61. The summed E-state index contributed by atoms with van der Waals surface area (Å²) in [6.45, 7) is 1.71. The fraction of sp³-hybridized carbons (Fsp3) is 0.182. The molecule has 0 saturated heterocycles. The summed E-state index contributed by atoms with van der Waals surface area (Å²) in [6, 6.07) is -0.466. The van der Waals surface area contributed by atoms with E-state index in [9.17, 15) is 14.4 Å². The van der Waals surface area contributed by atoms with Crippen molar-refractivity contribution in [2.24, 2.45) is 0 Å². The van der Waals surface area contributed by atoms with Crippen LogP contribution in [0.4, 0.5) is 9.93 Å². The van der Waals surface area contributed by atoms with Gasteiger partial charge in [-0.25, -0.2) is 19.6 Å². The number of nitrogens with one attached hydrogen (secondary N) is 1. The first kappa shape index (κ1) is 13.9. The van der Waals surface area contributed by atoms with E-state index in [0.29, 0.717) is 0 Å². The van der Waals surface area contributed by atoms with E-state index >= 15 is 0 Å². The highest BCUT2D eigenvalue weighted by Gasteiger charge is 2.21. The van der Waals surface area contributed by atoms with Crippen molar-refractivity contribution in [2.75, 3.05) is 11.9 Å². The molecule has 104 valence electrons. The van der Waals surface area contributed by atoms with E-state index in [1.165, 1.54) is 28.7 Å². The van der Waals surface area contributed by atoms with Crippen LogP contribution in [0.15, 0.2) is 24.1 Å². The van der Waals surface area contributed by atoms with E-state index in [0.717, 1.165) is 11.3 Å². The number of amides is 1. The van der Waals surface area contributed by atoms with Crippen molar-refractivity contribution in [3.8, 4) is 0 Å². The number of hydrogen-bond acceptors (Lipinski definition) is 7. The Morgan fingerprint density at radius 2 is 2.25 bits per heavy atom. The molecule has 0 aliphatic rings. The number of carbonyl (C=O) groups is 3. The minimum Gasteiger partial charge on any atom is -0.460 e. The third-order valence-electron chi connectivity index (χ3n) is 2.15. The number of esters is 1. The van der Waals surface area contributed by atoms with Crippen molar-refractivity contribution in [1.29, 1.82) is 0 Å². The second-order valence-corrected chi connectivity index (χ2v) is 4.35. The van der Waals surface area contributed by atoms with E-state index in [1.54, 1.807) is 6.92 Å². The lowest BCUT2D eigenvalue weighted by Gasteiger charge is -2.00. The van der Waals surface area contributed by atoms with Gasteiger partial charge in [-0.1, -0.05) is 0 Å². The molecule has 0 saturated carbocycles. The van der Waals surface area contributed by atoms with Gasteiger partial charge in [0.05, 0.1) is 6.61 Å². The van der Waals surface area contributed by atoms with Gasteiger partial charge in [0.15, 0.2) is 5.13 Å². The number of imidazole rings is 1. The van der Waals surface area contributed by atoms with Gasteiger partial charge in [0.25, 0.3) is 5.78 Å². The van der Waals surface area contributed by atoms with Crippen molar-refractivity contribution in [3.05, 3.63) is 29.8 Å². The lowest BCUT2D eigenvalue weighted by Crippen LogP contribution is -2.19. The fourth-order valence-corrected chi connectivity index (χ4v) is 1.95. The van der Waals surface area contributed by atoms with Crippen LogP contribution in [0, 0.1) is 0 Å². The number of hydrogen-bond donors (Lipinski definition) is 1. The highest BCUT2D eigenvalue weighted by Crippen LogP contribution is 2.16. The minimum absolute atomic E-state index is 0.0608. The van der Waals surface area contributed by atoms with Gasteiger partial charge in [0, 0.05) is 17.8 Å². The number of rotatable bonds is 4. The van der Waals surface area contributed by atoms with Crippen LogP contribution in [-0.4, -0.2) is 38.9 Å². The number of Topliss-reactive ketones (excluding diaryl/α,β-unsaturated/α-hetero) is 1. The highest BCUT2D eigenvalue weighted by molar-refractivity contribution is 7.14. The first-order valence-corrected chi connectivity index (χ1v) is 6.46. The lowest BCUT2D eigenvalue weighted by molar-refractivity contribution is -0.137. The molecular weight excluding hydrogens is 284 g/mol. The molecular formula is C11H10N4O4S. The van der Waals surface area contributed by atoms with Crippen LogP contribution >= 0.6 is 11.3 Å². The van der Waals surface area contributed by atoms with Gasteiger partial charge in [-0.05, 0) is 6.92 Å². The molecule has 2 aromatic rings. The summed E-state index contributed by atoms with van der Waals surface area (Å²) in [5.41, 5.74) is -0.0608. The number of nitrogens with zero attached hydrogens (tertiary/aromatic N) is 3. The summed E-state index contributed by atoms with van der Waals surface area (Å²) in [7, 11) is 0. The molecule has 1 amide bonds. The van der Waals surface area contributed by atoms with Crippen molar-refractivity contribution in [2.45, 2.75) is 6.92 Å². The molecule has 20 heavy (non-hydrogen) atoms. The summed E-state index contributed by atoms with van der Waals surface area (Å²) < 4.78 is 5.80. The van der Waals surface area contributed by atoms with Gasteiger partial charge in [0.1, 0.15) is 12.0 Å². The largest absolute Gasteiger partial charge is 0.460 e. The molecule has 2 heterocycles. The summed E-state index contributed by atoms with van der Waals surface area (Å²) in [6.07, 6.45) is 4.25. The number of carbonyl (C=O) groups excluding carboxylic acids is 3. The lowest BCUT2D eigenvalue weighted by atomic mass is 10.3. The molecule has 0 bridgehead atoms. The Bertz CT molecular complexity index is 635. The standard InChI is InChI=1S/C11H10N4O4S/c1-2-19-9(17)8(16)7-5-20-10(13-7)14-11(18)15-4-3-12-6-15/h3-6H,2H2,1H3,(H,13,14,18). The zero-order chi connectivity index (χ0) is 14.5. The number of ketones is 1. The average molecular weight is 294 g/mol. The molecule has 0 unspecified atom stereocenters. The van der Waals surface area contributed by atoms with Gasteiger partial charge in [0.2, 0.25) is 0 Å². The molecule has 0 aliphatic heterocycles. The average Bonchev–Trinajstić information content (AvgIpc) is 3.09. The molecule has 2 rings (SSSR count). The minimum atomic E-state index is -0.967. The van der Waals surface area contributed by atoms with Crippen LogP contribution in [0.5, 0.6) is 0 Å². The Labute approximate surface area is 117 Å². The van der Waals surface area contributed by atoms with Crippen LogP contribution in [0.3, 0.4) is 0 Å². The summed E-state index contributed by atoms with van der Waals surface area (Å²) in [5.74, 6) is -1.81. The van der Waals surface area contributed by atoms with Gasteiger partial charge >= 0.3 is 12.0 Å². The van der Waals surface area contributed by atoms with E-state index in [1.807, 2.05) is 0 Å². The van der Waals surface area contributed by atoms with Gasteiger partial charge in [-0.15, -0.1) is 11.3 Å². The Balaban J connectivity index is 2.04. The zero-order valence-electron chi connectivity index (χ0n) is 10.4. The molecule has 0 aromatic carbocycles. The van der Waals surface area contributed by atoms with Crippen molar-refractivity contribution in [3.63, 3.8) is 0 Å². The van der Waals surface area contributed by atoms with E-state index < -0.39 is 17.8 Å². The third kappa shape index (κ3) is 3.06. The topological polar surface area (TPSA) is 103 Å². The van der Waals surface area contributed by atoms with Gasteiger partial charge < -0.3 is 4.74 Å². The molecule has 0 atom stereocenters. The van der Waals surface area contributed by atoms with Crippen molar-refractivity contribution >= 4 is 34.3 Å². The summed E-state index contributed by atoms with van der Waals surface area (Å²) in [4.78, 5) is 42.1. The summed E-state index contributed by atoms with van der Waals surface area (Å²) in [5, 5.41) is 4.06. The van der Waals surface area contributed by atoms with Crippen LogP contribution in [0.1, 0.15) is 17.4 Å². The van der Waals surface area contributed by atoms with E-state index in [2.05, 4.69) is 20.0 Å². The molecule has 0 radical (unpaired) electrons. The van der Waals surface area contributed by atoms with E-state index in [4.69, 9.17) is 0 Å². The smallest absolute Gasteiger partial charge is 0.381 e. The Morgan fingerprint density at radius 3 is 2.90 bits per heavy atom. The van der Waals surface area contributed by atoms with E-state index in [-0.39, 0.29) is 17.4 Å². The Morgan fingerprint density at radius 1 is 1.45 bits per heavy atom. The van der Waals surface area contributed by atoms with Gasteiger partial charge in [-0.3, -0.25) is 14.7 Å². The fourth-order valence-electron chi connectivity index (χ4n) is 1.27. The monoisotopic (exact) mass is 294 g/mol. The molecule has 0 aliphatic carbocycles. The maximum absolute atomic E-state index is 11.7. The van der Waals surface area contributed by atoms with Crippen LogP contribution in [0.25, 0.3) is 0 Å².